The van der Waals surface area contributed by atoms with E-state index in [-0.39, 0.29) is 0 Å². The van der Waals surface area contributed by atoms with Crippen LogP contribution in [0.3, 0.4) is 0 Å². The summed E-state index contributed by atoms with van der Waals surface area (Å²) in [6.07, 6.45) is 0.589. The fourth-order valence-corrected chi connectivity index (χ4v) is 1.43. The minimum Gasteiger partial charge on any atom is -0.232 e. The van der Waals surface area contributed by atoms with Crippen LogP contribution in [0.25, 0.3) is 0 Å². The molecular weight excluding hydrogens is 174 g/mol. The molecule has 0 saturated heterocycles. The van der Waals surface area contributed by atoms with E-state index in [0.29, 0.717) is 6.42 Å². The van der Waals surface area contributed by atoms with Gasteiger partial charge in [-0.3, -0.25) is 0 Å². The Bertz CT molecular complexity index is 381. The highest BCUT2D eigenvalue weighted by Gasteiger charge is 2.29. The van der Waals surface area contributed by atoms with E-state index < -0.39 is 5.66 Å². The first-order valence-electron chi connectivity index (χ1n) is 4.61. The third kappa shape index (κ3) is 1.45. The molecule has 1 unspecified atom stereocenters. The summed E-state index contributed by atoms with van der Waals surface area (Å²) in [6.45, 7) is 5.70. The summed E-state index contributed by atoms with van der Waals surface area (Å²) in [7, 11) is 0. The molecule has 1 heterocycles. The Morgan fingerprint density at radius 3 is 2.57 bits per heavy atom. The molecule has 0 spiro atoms. The van der Waals surface area contributed by atoms with E-state index in [9.17, 15) is 0 Å². The van der Waals surface area contributed by atoms with Crippen LogP contribution in [0.4, 0.5) is 0 Å². The lowest BCUT2D eigenvalue weighted by Gasteiger charge is -2.15. The summed E-state index contributed by atoms with van der Waals surface area (Å²) in [6, 6.07) is 9.95. The molecule has 3 nitrogen and oxygen atoms in total. The quantitative estimate of drug-likeness (QED) is 0.681. The van der Waals surface area contributed by atoms with Crippen LogP contribution >= 0.6 is 0 Å². The van der Waals surface area contributed by atoms with Gasteiger partial charge < -0.3 is 0 Å². The van der Waals surface area contributed by atoms with Crippen LogP contribution in [0, 0.1) is 6.92 Å². The second kappa shape index (κ2) is 3.33. The summed E-state index contributed by atoms with van der Waals surface area (Å²) >= 11 is 0. The fraction of sp³-hybridized carbons (Fsp3) is 0.273. The maximum absolute atomic E-state index is 4.43. The van der Waals surface area contributed by atoms with E-state index in [1.165, 1.54) is 0 Å². The van der Waals surface area contributed by atoms with Gasteiger partial charge in [0.15, 0.2) is 5.66 Å². The maximum Gasteiger partial charge on any atom is 0.195 e. The lowest BCUT2D eigenvalue weighted by molar-refractivity contribution is 0.525. The van der Waals surface area contributed by atoms with Crippen molar-refractivity contribution in [2.24, 2.45) is 15.2 Å². The fourth-order valence-electron chi connectivity index (χ4n) is 1.43. The Labute approximate surface area is 83.6 Å². The van der Waals surface area contributed by atoms with Crippen molar-refractivity contribution in [1.82, 2.24) is 0 Å². The highest BCUT2D eigenvalue weighted by molar-refractivity contribution is 5.84. The van der Waals surface area contributed by atoms with Crippen molar-refractivity contribution < 1.29 is 0 Å². The van der Waals surface area contributed by atoms with Crippen molar-refractivity contribution in [1.29, 1.82) is 0 Å². The zero-order valence-corrected chi connectivity index (χ0v) is 8.14. The van der Waals surface area contributed by atoms with E-state index in [1.807, 2.05) is 37.3 Å². The number of hydrogen-bond acceptors (Lipinski definition) is 3. The average molecular weight is 186 g/mol. The van der Waals surface area contributed by atoms with Gasteiger partial charge in [0, 0.05) is 12.0 Å². The molecule has 0 aliphatic carbocycles. The number of hydrogen-bond donors (Lipinski definition) is 0. The second-order valence-corrected chi connectivity index (χ2v) is 3.36. The zero-order chi connectivity index (χ0) is 10.0. The normalized spacial score (nSPS) is 25.1. The van der Waals surface area contributed by atoms with E-state index in [0.717, 1.165) is 11.4 Å². The molecule has 71 valence electrons. The van der Waals surface area contributed by atoms with Crippen LogP contribution in [-0.2, 0) is 5.66 Å². The number of amidine groups is 1. The van der Waals surface area contributed by atoms with Crippen LogP contribution in [0.5, 0.6) is 0 Å². The monoisotopic (exact) mass is 186 g/mol. The highest BCUT2D eigenvalue weighted by atomic mass is 15.3. The van der Waals surface area contributed by atoms with Gasteiger partial charge in [-0.2, -0.15) is 5.11 Å². The number of rotatable bonds is 2. The Balaban J connectivity index is 2.37. The van der Waals surface area contributed by atoms with Gasteiger partial charge in [-0.05, 0) is 13.8 Å². The summed E-state index contributed by atoms with van der Waals surface area (Å²) < 4.78 is 0. The van der Waals surface area contributed by atoms with Crippen LogP contribution in [0.2, 0.25) is 0 Å². The first kappa shape index (κ1) is 9.06. The van der Waals surface area contributed by atoms with Crippen molar-refractivity contribution in [2.45, 2.75) is 19.0 Å². The van der Waals surface area contributed by atoms with Crippen molar-refractivity contribution in [3.8, 4) is 0 Å². The lowest BCUT2D eigenvalue weighted by Crippen LogP contribution is -2.13. The molecule has 1 atom stereocenters. The summed E-state index contributed by atoms with van der Waals surface area (Å²) in [4.78, 5) is 4.43. The van der Waals surface area contributed by atoms with Gasteiger partial charge in [0.05, 0.1) is 0 Å². The molecule has 1 aliphatic heterocycles. The third-order valence-corrected chi connectivity index (χ3v) is 2.25. The smallest absolute Gasteiger partial charge is 0.195 e. The molecule has 0 N–H and O–H groups in total. The number of benzene rings is 1. The first-order chi connectivity index (χ1) is 6.74. The van der Waals surface area contributed by atoms with Crippen molar-refractivity contribution in [2.75, 3.05) is 0 Å². The number of azo groups is 1. The molecule has 0 amide bonds. The molecule has 14 heavy (non-hydrogen) atoms. The predicted molar refractivity (Wildman–Crippen MR) is 56.1 cm³/mol. The standard InChI is InChI=1S/C11H12N3/c1-3-10-12-11(2,14-13-10)9-7-5-4-6-8-9/h4-8H,1,3H2,2H3. The molecule has 1 aliphatic rings. The molecule has 0 fully saturated rings. The van der Waals surface area contributed by atoms with Crippen LogP contribution in [0.1, 0.15) is 18.9 Å². The molecule has 3 heteroatoms. The van der Waals surface area contributed by atoms with Crippen LogP contribution < -0.4 is 0 Å². The first-order valence-corrected chi connectivity index (χ1v) is 4.61. The minimum absolute atomic E-state index is 0.533. The lowest BCUT2D eigenvalue weighted by atomic mass is 10.0. The maximum atomic E-state index is 4.43. The number of aliphatic imine (C=N–C) groups is 1. The summed E-state index contributed by atoms with van der Waals surface area (Å²) in [5.41, 5.74) is 0.529. The average Bonchev–Trinajstić information content (AvgIpc) is 2.63. The minimum atomic E-state index is -0.533. The summed E-state index contributed by atoms with van der Waals surface area (Å²) in [5.74, 6) is 0.719. The van der Waals surface area contributed by atoms with Gasteiger partial charge in [0.1, 0.15) is 5.84 Å². The molecule has 0 bridgehead atoms. The van der Waals surface area contributed by atoms with Gasteiger partial charge in [-0.15, -0.1) is 5.11 Å². The highest BCUT2D eigenvalue weighted by Crippen LogP contribution is 2.31. The molecule has 0 aromatic heterocycles. The van der Waals surface area contributed by atoms with Gasteiger partial charge in [0.2, 0.25) is 0 Å². The van der Waals surface area contributed by atoms with Gasteiger partial charge in [-0.1, -0.05) is 30.3 Å². The Hall–Kier alpha value is -1.51. The SMILES string of the molecule is [CH2]CC1=NC(C)(c2ccccc2)N=N1. The molecule has 1 radical (unpaired) electrons. The predicted octanol–water partition coefficient (Wildman–Crippen LogP) is 2.95. The van der Waals surface area contributed by atoms with Crippen LogP contribution in [-0.4, -0.2) is 5.84 Å². The molecular formula is C11H12N3. The Kier molecular flexibility index (Phi) is 2.15. The molecule has 2 rings (SSSR count). The van der Waals surface area contributed by atoms with Crippen LogP contribution in [0.15, 0.2) is 45.6 Å². The Morgan fingerprint density at radius 2 is 2.00 bits per heavy atom. The van der Waals surface area contributed by atoms with Gasteiger partial charge in [0.25, 0.3) is 0 Å². The molecule has 0 saturated carbocycles. The van der Waals surface area contributed by atoms with Crippen molar-refractivity contribution in [3.63, 3.8) is 0 Å². The zero-order valence-electron chi connectivity index (χ0n) is 8.14. The topological polar surface area (TPSA) is 37.1 Å². The Morgan fingerprint density at radius 1 is 1.29 bits per heavy atom. The van der Waals surface area contributed by atoms with E-state index in [2.05, 4.69) is 22.1 Å². The van der Waals surface area contributed by atoms with Crippen molar-refractivity contribution in [3.05, 3.63) is 42.8 Å². The van der Waals surface area contributed by atoms with Crippen molar-refractivity contribution >= 4 is 5.84 Å². The number of nitrogens with zero attached hydrogens (tertiary/aromatic N) is 3. The van der Waals surface area contributed by atoms with E-state index in [1.54, 1.807) is 0 Å². The molecule has 1 aromatic carbocycles. The molecule has 1 aromatic rings. The summed E-state index contributed by atoms with van der Waals surface area (Å²) in [5, 5.41) is 8.17. The third-order valence-electron chi connectivity index (χ3n) is 2.25. The van der Waals surface area contributed by atoms with Gasteiger partial charge >= 0.3 is 0 Å². The van der Waals surface area contributed by atoms with Gasteiger partial charge in [-0.25, -0.2) is 4.99 Å². The van der Waals surface area contributed by atoms with E-state index >= 15 is 0 Å². The van der Waals surface area contributed by atoms with E-state index in [4.69, 9.17) is 0 Å². The second-order valence-electron chi connectivity index (χ2n) is 3.36. The largest absolute Gasteiger partial charge is 0.232 e.